The molecule has 31 heavy (non-hydrogen) atoms. The number of likely N-dealkylation sites (tertiary alicyclic amines) is 1. The van der Waals surface area contributed by atoms with Crippen LogP contribution in [-0.4, -0.2) is 42.4 Å². The van der Waals surface area contributed by atoms with Crippen LogP contribution in [0.3, 0.4) is 0 Å². The third kappa shape index (κ3) is 4.30. The van der Waals surface area contributed by atoms with Gasteiger partial charge in [0.15, 0.2) is 0 Å². The van der Waals surface area contributed by atoms with E-state index in [-0.39, 0.29) is 16.1 Å². The lowest BCUT2D eigenvalue weighted by Crippen LogP contribution is -2.39. The lowest BCUT2D eigenvalue weighted by atomic mass is 9.88. The normalized spacial score (nSPS) is 21.8. The highest BCUT2D eigenvalue weighted by molar-refractivity contribution is 7.93. The van der Waals surface area contributed by atoms with Gasteiger partial charge >= 0.3 is 0 Å². The largest absolute Gasteiger partial charge is 0.493 e. The first-order chi connectivity index (χ1) is 15.1. The molecule has 1 unspecified atom stereocenters. The third-order valence-electron chi connectivity index (χ3n) is 6.05. The van der Waals surface area contributed by atoms with Crippen molar-refractivity contribution < 1.29 is 13.2 Å². The summed E-state index contributed by atoms with van der Waals surface area (Å²) in [6.45, 7) is 2.64. The summed E-state index contributed by atoms with van der Waals surface area (Å²) in [5.74, 6) is 1.18. The van der Waals surface area contributed by atoms with Crippen LogP contribution < -0.4 is 9.46 Å². The Morgan fingerprint density at radius 1 is 1.13 bits per heavy atom. The van der Waals surface area contributed by atoms with Gasteiger partial charge in [-0.2, -0.15) is 4.37 Å². The van der Waals surface area contributed by atoms with Crippen LogP contribution in [0.15, 0.2) is 59.8 Å². The van der Waals surface area contributed by atoms with E-state index < -0.39 is 10.0 Å². The highest BCUT2D eigenvalue weighted by Gasteiger charge is 2.32. The van der Waals surface area contributed by atoms with Crippen molar-refractivity contribution in [1.82, 2.24) is 14.3 Å². The Kier molecular flexibility index (Phi) is 5.64. The van der Waals surface area contributed by atoms with E-state index in [0.717, 1.165) is 43.0 Å². The molecule has 2 aromatic carbocycles. The van der Waals surface area contributed by atoms with Crippen LogP contribution in [-0.2, 0) is 10.0 Å². The van der Waals surface area contributed by atoms with E-state index in [0.29, 0.717) is 18.3 Å². The minimum absolute atomic E-state index is 0.169. The zero-order chi connectivity index (χ0) is 21.3. The summed E-state index contributed by atoms with van der Waals surface area (Å²) in [5.41, 5.74) is 2.46. The second kappa shape index (κ2) is 8.57. The van der Waals surface area contributed by atoms with E-state index >= 15 is 0 Å². The van der Waals surface area contributed by atoms with Crippen LogP contribution in [0.4, 0.5) is 5.13 Å². The number of nitrogens with zero attached hydrogens (tertiary/aromatic N) is 3. The number of anilines is 1. The number of benzene rings is 2. The molecule has 1 N–H and O–H groups in total. The van der Waals surface area contributed by atoms with Crippen LogP contribution in [0.2, 0.25) is 0 Å². The van der Waals surface area contributed by atoms with Crippen LogP contribution in [0.25, 0.3) is 0 Å². The van der Waals surface area contributed by atoms with Crippen molar-refractivity contribution in [2.75, 3.05) is 24.4 Å². The summed E-state index contributed by atoms with van der Waals surface area (Å²) >= 11 is 1.00. The number of piperidine rings is 1. The minimum atomic E-state index is -3.74. The predicted octanol–water partition coefficient (Wildman–Crippen LogP) is 4.04. The van der Waals surface area contributed by atoms with Gasteiger partial charge in [0, 0.05) is 42.2 Å². The number of hydrogen-bond donors (Lipinski definition) is 1. The van der Waals surface area contributed by atoms with E-state index in [1.807, 2.05) is 6.07 Å². The number of ether oxygens (including phenoxy) is 1. The summed E-state index contributed by atoms with van der Waals surface area (Å²) in [7, 11) is -3.74. The van der Waals surface area contributed by atoms with Crippen LogP contribution >= 0.6 is 11.5 Å². The van der Waals surface area contributed by atoms with Crippen molar-refractivity contribution >= 4 is 26.7 Å². The smallest absolute Gasteiger partial charge is 0.263 e. The first-order valence-electron chi connectivity index (χ1n) is 10.5. The van der Waals surface area contributed by atoms with E-state index in [9.17, 15) is 8.42 Å². The molecule has 1 fully saturated rings. The lowest BCUT2D eigenvalue weighted by Gasteiger charge is -2.41. The fourth-order valence-electron chi connectivity index (χ4n) is 4.58. The van der Waals surface area contributed by atoms with Crippen molar-refractivity contribution in [2.24, 2.45) is 0 Å². The molecule has 2 aliphatic heterocycles. The Labute approximate surface area is 186 Å². The highest BCUT2D eigenvalue weighted by Crippen LogP contribution is 2.40. The number of hydrogen-bond acceptors (Lipinski definition) is 7. The molecule has 0 amide bonds. The number of aromatic nitrogens is 2. The second-order valence-corrected chi connectivity index (χ2v) is 10.4. The number of rotatable bonds is 5. The molecule has 2 aliphatic rings. The minimum Gasteiger partial charge on any atom is -0.493 e. The van der Waals surface area contributed by atoms with Crippen molar-refractivity contribution in [2.45, 2.75) is 36.1 Å². The van der Waals surface area contributed by atoms with E-state index in [4.69, 9.17) is 4.74 Å². The number of sulfonamides is 1. The molecule has 1 saturated heterocycles. The van der Waals surface area contributed by atoms with Gasteiger partial charge in [0.05, 0.1) is 11.5 Å². The molecule has 162 valence electrons. The van der Waals surface area contributed by atoms with Gasteiger partial charge in [0.25, 0.3) is 10.0 Å². The maximum absolute atomic E-state index is 12.7. The molecule has 3 heterocycles. The van der Waals surface area contributed by atoms with E-state index in [2.05, 4.69) is 49.3 Å². The van der Waals surface area contributed by atoms with Gasteiger partial charge in [-0.05, 0) is 36.9 Å². The molecular formula is C22H24N4O3S2. The SMILES string of the molecule is O=S(=O)(Nc1ncns1)c1ccc2c(c1)OCC[C@H]2N1CCCC(c2ccccc2)C1. The maximum Gasteiger partial charge on any atom is 0.263 e. The first-order valence-corrected chi connectivity index (χ1v) is 12.7. The van der Waals surface area contributed by atoms with Crippen molar-refractivity contribution in [3.8, 4) is 5.75 Å². The van der Waals surface area contributed by atoms with Crippen molar-refractivity contribution in [3.05, 3.63) is 66.0 Å². The van der Waals surface area contributed by atoms with Crippen LogP contribution in [0, 0.1) is 0 Å². The molecule has 5 rings (SSSR count). The molecule has 0 radical (unpaired) electrons. The molecule has 0 bridgehead atoms. The van der Waals surface area contributed by atoms with Crippen LogP contribution in [0.1, 0.15) is 42.3 Å². The fraction of sp³-hybridized carbons (Fsp3) is 0.364. The summed E-state index contributed by atoms with van der Waals surface area (Å²) in [4.78, 5) is 6.61. The number of fused-ring (bicyclic) bond motifs is 1. The molecule has 0 spiro atoms. The summed E-state index contributed by atoms with van der Waals surface area (Å²) in [6, 6.07) is 16.1. The molecule has 0 saturated carbocycles. The van der Waals surface area contributed by atoms with Gasteiger partial charge in [-0.15, -0.1) is 0 Å². The average Bonchev–Trinajstić information content (AvgIpc) is 3.31. The molecule has 3 aromatic rings. The van der Waals surface area contributed by atoms with Crippen LogP contribution in [0.5, 0.6) is 5.75 Å². The average molecular weight is 457 g/mol. The summed E-state index contributed by atoms with van der Waals surface area (Å²) in [6.07, 6.45) is 4.59. The molecule has 1 aromatic heterocycles. The Bertz CT molecular complexity index is 1140. The Morgan fingerprint density at radius 3 is 2.81 bits per heavy atom. The standard InChI is InChI=1S/C22H24N4O3S2/c27-31(28,25-22-23-15-24-30-22)18-8-9-19-20(10-12-29-21(19)13-18)26-11-4-7-17(14-26)16-5-2-1-3-6-16/h1-3,5-6,8-9,13,15,17,20H,4,7,10-12,14H2,(H,23,24,25)/t17?,20-/m1/s1. The van der Waals surface area contributed by atoms with Crippen molar-refractivity contribution in [1.29, 1.82) is 0 Å². The van der Waals surface area contributed by atoms with Gasteiger partial charge in [0.1, 0.15) is 12.1 Å². The monoisotopic (exact) mass is 456 g/mol. The zero-order valence-corrected chi connectivity index (χ0v) is 18.6. The molecule has 2 atom stereocenters. The van der Waals surface area contributed by atoms with E-state index in [1.54, 1.807) is 12.1 Å². The quantitative estimate of drug-likeness (QED) is 0.624. The third-order valence-corrected chi connectivity index (χ3v) is 8.10. The molecule has 0 aliphatic carbocycles. The zero-order valence-electron chi connectivity index (χ0n) is 17.0. The highest BCUT2D eigenvalue weighted by atomic mass is 32.2. The maximum atomic E-state index is 12.7. The van der Waals surface area contributed by atoms with Crippen molar-refractivity contribution in [3.63, 3.8) is 0 Å². The lowest BCUT2D eigenvalue weighted by molar-refractivity contribution is 0.109. The van der Waals surface area contributed by atoms with Gasteiger partial charge < -0.3 is 4.74 Å². The Morgan fingerprint density at radius 2 is 2.00 bits per heavy atom. The molecule has 9 heteroatoms. The van der Waals surface area contributed by atoms with Gasteiger partial charge in [-0.25, -0.2) is 13.4 Å². The fourth-order valence-corrected chi connectivity index (χ4v) is 6.25. The Balaban J connectivity index is 1.38. The molecular weight excluding hydrogens is 432 g/mol. The van der Waals surface area contributed by atoms with Gasteiger partial charge in [-0.1, -0.05) is 36.4 Å². The second-order valence-electron chi connectivity index (χ2n) is 7.95. The molecule has 7 nitrogen and oxygen atoms in total. The summed E-state index contributed by atoms with van der Waals surface area (Å²) < 4.78 is 37.6. The van der Waals surface area contributed by atoms with Gasteiger partial charge in [-0.3, -0.25) is 9.62 Å². The first kappa shape index (κ1) is 20.4. The Hall–Kier alpha value is -2.49. The number of nitrogens with one attached hydrogen (secondary N) is 1. The van der Waals surface area contributed by atoms with E-state index in [1.165, 1.54) is 18.3 Å². The topological polar surface area (TPSA) is 84.4 Å². The predicted molar refractivity (Wildman–Crippen MR) is 120 cm³/mol. The van der Waals surface area contributed by atoms with Gasteiger partial charge in [0.2, 0.25) is 5.13 Å². The summed E-state index contributed by atoms with van der Waals surface area (Å²) in [5, 5.41) is 0.247.